The van der Waals surface area contributed by atoms with Gasteiger partial charge in [-0.3, -0.25) is 0 Å². The SMILES string of the molecule is C[C@@H]1CC[C@@]12CCC21CC[C@@]12CC[C@H]2C. The van der Waals surface area contributed by atoms with Gasteiger partial charge in [0.05, 0.1) is 0 Å². The smallest absolute Gasteiger partial charge is 0.0179 e. The number of hydrogen-bond donors (Lipinski definition) is 0. The molecule has 0 unspecified atom stereocenters. The van der Waals surface area contributed by atoms with Crippen LogP contribution in [0.5, 0.6) is 0 Å². The van der Waals surface area contributed by atoms with Crippen LogP contribution in [-0.4, -0.2) is 0 Å². The van der Waals surface area contributed by atoms with Gasteiger partial charge in [0, 0.05) is 0 Å². The lowest BCUT2D eigenvalue weighted by molar-refractivity contribution is -0.337. The third-order valence-corrected chi connectivity index (χ3v) is 7.84. The quantitative estimate of drug-likeness (QED) is 0.549. The van der Waals surface area contributed by atoms with Gasteiger partial charge in [-0.2, -0.15) is 0 Å². The fourth-order valence-corrected chi connectivity index (χ4v) is 6.34. The zero-order valence-corrected chi connectivity index (χ0v) is 10.3. The lowest BCUT2D eigenvalue weighted by Crippen LogP contribution is -2.74. The summed E-state index contributed by atoms with van der Waals surface area (Å²) in [7, 11) is 0. The Balaban J connectivity index is 1.72. The molecule has 4 saturated carbocycles. The Kier molecular flexibility index (Phi) is 1.40. The molecule has 0 aromatic rings. The minimum absolute atomic E-state index is 0.861. The molecule has 0 heteroatoms. The first kappa shape index (κ1) is 9.07. The lowest BCUT2D eigenvalue weighted by atomic mass is 9.22. The molecule has 0 bridgehead atoms. The largest absolute Gasteiger partial charge is 0.0620 e. The minimum Gasteiger partial charge on any atom is -0.0620 e. The van der Waals surface area contributed by atoms with Gasteiger partial charge in [-0.15, -0.1) is 0 Å². The molecule has 0 aliphatic heterocycles. The van der Waals surface area contributed by atoms with Gasteiger partial charge in [0.2, 0.25) is 0 Å². The second-order valence-corrected chi connectivity index (χ2v) is 7.27. The highest BCUT2D eigenvalue weighted by atomic mass is 14.8. The molecule has 0 radical (unpaired) electrons. The Hall–Kier alpha value is 0. The van der Waals surface area contributed by atoms with Gasteiger partial charge in [-0.25, -0.2) is 0 Å². The third kappa shape index (κ3) is 0.643. The maximum atomic E-state index is 2.54. The molecule has 4 aliphatic carbocycles. The van der Waals surface area contributed by atoms with E-state index in [9.17, 15) is 0 Å². The molecule has 0 amide bonds. The highest BCUT2D eigenvalue weighted by Crippen LogP contribution is 2.86. The van der Waals surface area contributed by atoms with Crippen molar-refractivity contribution < 1.29 is 0 Å². The van der Waals surface area contributed by atoms with Crippen LogP contribution in [-0.2, 0) is 0 Å². The van der Waals surface area contributed by atoms with Crippen molar-refractivity contribution in [1.82, 2.24) is 0 Å². The summed E-state index contributed by atoms with van der Waals surface area (Å²) in [6, 6.07) is 0. The van der Waals surface area contributed by atoms with Gasteiger partial charge < -0.3 is 0 Å². The van der Waals surface area contributed by atoms with E-state index in [0.717, 1.165) is 28.1 Å². The van der Waals surface area contributed by atoms with Crippen LogP contribution in [0.2, 0.25) is 0 Å². The van der Waals surface area contributed by atoms with Crippen LogP contribution in [0.3, 0.4) is 0 Å². The van der Waals surface area contributed by atoms with E-state index < -0.39 is 0 Å². The Morgan fingerprint density at radius 1 is 0.667 bits per heavy atom. The van der Waals surface area contributed by atoms with Crippen molar-refractivity contribution >= 4 is 0 Å². The van der Waals surface area contributed by atoms with E-state index in [-0.39, 0.29) is 0 Å². The van der Waals surface area contributed by atoms with E-state index in [1.807, 2.05) is 0 Å². The van der Waals surface area contributed by atoms with Crippen LogP contribution >= 0.6 is 0 Å². The van der Waals surface area contributed by atoms with Gasteiger partial charge in [0.25, 0.3) is 0 Å². The first-order valence-corrected chi connectivity index (χ1v) is 7.17. The molecule has 0 heterocycles. The second-order valence-electron chi connectivity index (χ2n) is 7.27. The van der Waals surface area contributed by atoms with Crippen molar-refractivity contribution in [3.05, 3.63) is 0 Å². The Bertz CT molecular complexity index is 278. The van der Waals surface area contributed by atoms with E-state index in [1.54, 1.807) is 38.5 Å². The van der Waals surface area contributed by atoms with Crippen LogP contribution in [0.25, 0.3) is 0 Å². The van der Waals surface area contributed by atoms with Crippen molar-refractivity contribution in [2.24, 2.45) is 28.1 Å². The van der Waals surface area contributed by atoms with Crippen LogP contribution in [0.1, 0.15) is 65.2 Å². The van der Waals surface area contributed by atoms with Crippen LogP contribution < -0.4 is 0 Å². The molecule has 3 spiro atoms. The first-order chi connectivity index (χ1) is 7.17. The third-order valence-electron chi connectivity index (χ3n) is 7.84. The number of rotatable bonds is 0. The standard InChI is InChI=1S/C15H24/c1-11-3-5-13(11)7-9-15(13)10-8-14(15)6-4-12(14)2/h11-12H,3-10H2,1-2H3/t11-,12-,13-,14-,15?/m1/s1. The normalized spacial score (nSPS) is 59.6. The van der Waals surface area contributed by atoms with Crippen molar-refractivity contribution in [2.45, 2.75) is 65.2 Å². The lowest BCUT2D eigenvalue weighted by Gasteiger charge is -2.83. The zero-order chi connectivity index (χ0) is 10.3. The molecular formula is C15H24. The van der Waals surface area contributed by atoms with Crippen molar-refractivity contribution in [2.75, 3.05) is 0 Å². The summed E-state index contributed by atoms with van der Waals surface area (Å²) in [5.41, 5.74) is 2.59. The van der Waals surface area contributed by atoms with Gasteiger partial charge in [-0.1, -0.05) is 13.8 Å². The molecule has 0 saturated heterocycles. The van der Waals surface area contributed by atoms with Crippen LogP contribution in [0.4, 0.5) is 0 Å². The Morgan fingerprint density at radius 3 is 1.27 bits per heavy atom. The monoisotopic (exact) mass is 204 g/mol. The molecule has 84 valence electrons. The van der Waals surface area contributed by atoms with E-state index in [0.29, 0.717) is 0 Å². The molecule has 0 aromatic carbocycles. The average molecular weight is 204 g/mol. The Labute approximate surface area is 93.8 Å². The number of fused-ring (bicyclic) bond motifs is 2. The molecule has 0 aromatic heterocycles. The van der Waals surface area contributed by atoms with Gasteiger partial charge in [-0.05, 0) is 79.4 Å². The molecule has 4 atom stereocenters. The highest BCUT2D eigenvalue weighted by Gasteiger charge is 2.77. The maximum Gasteiger partial charge on any atom is -0.0179 e. The second kappa shape index (κ2) is 2.31. The predicted molar refractivity (Wildman–Crippen MR) is 62.6 cm³/mol. The fraction of sp³-hybridized carbons (Fsp3) is 1.00. The maximum absolute atomic E-state index is 2.54. The molecule has 4 aliphatic rings. The van der Waals surface area contributed by atoms with E-state index >= 15 is 0 Å². The van der Waals surface area contributed by atoms with Crippen LogP contribution in [0.15, 0.2) is 0 Å². The zero-order valence-electron chi connectivity index (χ0n) is 10.3. The molecule has 0 nitrogen and oxygen atoms in total. The van der Waals surface area contributed by atoms with Gasteiger partial charge in [0.15, 0.2) is 0 Å². The van der Waals surface area contributed by atoms with E-state index in [4.69, 9.17) is 0 Å². The van der Waals surface area contributed by atoms with Crippen LogP contribution in [0, 0.1) is 28.1 Å². The summed E-state index contributed by atoms with van der Waals surface area (Å²) in [6.07, 6.45) is 12.6. The average Bonchev–Trinajstić information content (AvgIpc) is 2.10. The van der Waals surface area contributed by atoms with Crippen molar-refractivity contribution in [1.29, 1.82) is 0 Å². The summed E-state index contributed by atoms with van der Waals surface area (Å²) in [4.78, 5) is 0. The Morgan fingerprint density at radius 2 is 1.13 bits per heavy atom. The minimum atomic E-state index is 0.861. The number of hydrogen-bond acceptors (Lipinski definition) is 0. The van der Waals surface area contributed by atoms with Crippen molar-refractivity contribution in [3.8, 4) is 0 Å². The van der Waals surface area contributed by atoms with Gasteiger partial charge >= 0.3 is 0 Å². The molecule has 0 N–H and O–H groups in total. The summed E-state index contributed by atoms with van der Waals surface area (Å²) in [5.74, 6) is 2.13. The van der Waals surface area contributed by atoms with E-state index in [1.165, 1.54) is 12.8 Å². The summed E-state index contributed by atoms with van der Waals surface area (Å²) >= 11 is 0. The molecule has 15 heavy (non-hydrogen) atoms. The summed E-state index contributed by atoms with van der Waals surface area (Å²) in [5, 5.41) is 0. The summed E-state index contributed by atoms with van der Waals surface area (Å²) < 4.78 is 0. The topological polar surface area (TPSA) is 0 Å². The summed E-state index contributed by atoms with van der Waals surface area (Å²) in [6.45, 7) is 5.08. The molecular weight excluding hydrogens is 180 g/mol. The molecule has 4 rings (SSSR count). The van der Waals surface area contributed by atoms with Crippen molar-refractivity contribution in [3.63, 3.8) is 0 Å². The highest BCUT2D eigenvalue weighted by molar-refractivity contribution is 5.26. The predicted octanol–water partition coefficient (Wildman–Crippen LogP) is 4.39. The fourth-order valence-electron chi connectivity index (χ4n) is 6.34. The molecule has 4 fully saturated rings. The first-order valence-electron chi connectivity index (χ1n) is 7.17. The van der Waals surface area contributed by atoms with Gasteiger partial charge in [0.1, 0.15) is 0 Å². The van der Waals surface area contributed by atoms with E-state index in [2.05, 4.69) is 13.8 Å².